The zero-order valence-electron chi connectivity index (χ0n) is 13.7. The topological polar surface area (TPSA) is 46.9 Å². The number of aromatic nitrogens is 2. The number of anilines is 1. The van der Waals surface area contributed by atoms with Gasteiger partial charge in [0.15, 0.2) is 5.13 Å². The third-order valence-electron chi connectivity index (χ3n) is 4.13. The summed E-state index contributed by atoms with van der Waals surface area (Å²) in [6.45, 7) is 0. The molecular weight excluding hydrogens is 434 g/mol. The minimum Gasteiger partial charge on any atom is -0.340 e. The average Bonchev–Trinajstić information content (AvgIpc) is 3.22. The number of carbonyl (C=O) groups excluding carboxylic acids is 1. The number of hydrogen-bond acceptors (Lipinski definition) is 3. The first kappa shape index (κ1) is 17.3. The number of halogens is 2. The van der Waals surface area contributed by atoms with E-state index in [0.29, 0.717) is 15.8 Å². The molecule has 0 bridgehead atoms. The summed E-state index contributed by atoms with van der Waals surface area (Å²) in [4.78, 5) is 17.2. The highest BCUT2D eigenvalue weighted by atomic mass is 79.9. The number of nitrogens with one attached hydrogen (secondary N) is 1. The molecule has 2 heterocycles. The summed E-state index contributed by atoms with van der Waals surface area (Å²) in [5.74, 6) is -0.212. The van der Waals surface area contributed by atoms with Crippen LogP contribution in [0.15, 0.2) is 58.4 Å². The van der Waals surface area contributed by atoms with Gasteiger partial charge in [-0.1, -0.05) is 45.7 Å². The van der Waals surface area contributed by atoms with Gasteiger partial charge in [-0.15, -0.1) is 11.3 Å². The number of benzene rings is 2. The van der Waals surface area contributed by atoms with Gasteiger partial charge in [0.05, 0.1) is 5.69 Å². The van der Waals surface area contributed by atoms with E-state index in [-0.39, 0.29) is 5.91 Å². The SMILES string of the molecule is Cn1c(C(=O)Nc2nc(-c3ccc(Br)cc3)cs2)cc2c(Cl)cccc21. The van der Waals surface area contributed by atoms with Gasteiger partial charge >= 0.3 is 0 Å². The Labute approximate surface area is 167 Å². The van der Waals surface area contributed by atoms with Gasteiger partial charge in [-0.3, -0.25) is 10.1 Å². The number of aryl methyl sites for hydroxylation is 1. The number of amides is 1. The van der Waals surface area contributed by atoms with E-state index in [9.17, 15) is 4.79 Å². The van der Waals surface area contributed by atoms with E-state index in [1.807, 2.05) is 59.5 Å². The Morgan fingerprint density at radius 2 is 2.00 bits per heavy atom. The van der Waals surface area contributed by atoms with Gasteiger partial charge in [-0.05, 0) is 30.3 Å². The summed E-state index contributed by atoms with van der Waals surface area (Å²) in [6, 6.07) is 15.3. The molecule has 0 aliphatic rings. The highest BCUT2D eigenvalue weighted by Crippen LogP contribution is 2.28. The van der Waals surface area contributed by atoms with Crippen molar-refractivity contribution in [3.05, 3.63) is 69.1 Å². The molecule has 4 nitrogen and oxygen atoms in total. The quantitative estimate of drug-likeness (QED) is 0.421. The Kier molecular flexibility index (Phi) is 4.56. The fourth-order valence-corrected chi connectivity index (χ4v) is 3.99. The molecule has 0 aliphatic carbocycles. The molecule has 2 aromatic carbocycles. The van der Waals surface area contributed by atoms with Crippen LogP contribution in [0.25, 0.3) is 22.2 Å². The second kappa shape index (κ2) is 6.87. The number of fused-ring (bicyclic) bond motifs is 1. The number of carbonyl (C=O) groups is 1. The fourth-order valence-electron chi connectivity index (χ4n) is 2.79. The van der Waals surface area contributed by atoms with Gasteiger partial charge < -0.3 is 4.57 Å². The highest BCUT2D eigenvalue weighted by molar-refractivity contribution is 9.10. The summed E-state index contributed by atoms with van der Waals surface area (Å²) in [6.07, 6.45) is 0. The minimum atomic E-state index is -0.212. The standard InChI is InChI=1S/C19H13BrClN3OS/c1-24-16-4-2-3-14(21)13(16)9-17(24)18(25)23-19-22-15(10-26-19)11-5-7-12(20)8-6-11/h2-10H,1H3,(H,22,23,25). The Morgan fingerprint density at radius 1 is 1.23 bits per heavy atom. The molecule has 1 N–H and O–H groups in total. The largest absolute Gasteiger partial charge is 0.340 e. The monoisotopic (exact) mass is 445 g/mol. The van der Waals surface area contributed by atoms with E-state index in [1.165, 1.54) is 11.3 Å². The van der Waals surface area contributed by atoms with Crippen LogP contribution in [-0.2, 0) is 7.05 Å². The van der Waals surface area contributed by atoms with E-state index in [0.717, 1.165) is 26.6 Å². The molecule has 0 spiro atoms. The van der Waals surface area contributed by atoms with Crippen LogP contribution in [0.3, 0.4) is 0 Å². The van der Waals surface area contributed by atoms with Crippen LogP contribution >= 0.6 is 38.9 Å². The zero-order chi connectivity index (χ0) is 18.3. The molecule has 0 radical (unpaired) electrons. The lowest BCUT2D eigenvalue weighted by Gasteiger charge is -2.04. The molecule has 0 saturated heterocycles. The van der Waals surface area contributed by atoms with Crippen LogP contribution in [0, 0.1) is 0 Å². The molecule has 1 amide bonds. The molecule has 0 unspecified atom stereocenters. The second-order valence-corrected chi connectivity index (χ2v) is 7.94. The Morgan fingerprint density at radius 3 is 2.73 bits per heavy atom. The Hall–Kier alpha value is -2.15. The minimum absolute atomic E-state index is 0.212. The van der Waals surface area contributed by atoms with E-state index in [2.05, 4.69) is 26.2 Å². The molecule has 0 aliphatic heterocycles. The maximum atomic E-state index is 12.7. The van der Waals surface area contributed by atoms with Crippen LogP contribution in [-0.4, -0.2) is 15.5 Å². The highest BCUT2D eigenvalue weighted by Gasteiger charge is 2.16. The first-order chi connectivity index (χ1) is 12.5. The van der Waals surface area contributed by atoms with Crippen molar-refractivity contribution in [3.63, 3.8) is 0 Å². The van der Waals surface area contributed by atoms with Crippen LogP contribution in [0.2, 0.25) is 5.02 Å². The maximum absolute atomic E-state index is 12.7. The predicted octanol–water partition coefficient (Wildman–Crippen LogP) is 5.97. The first-order valence-corrected chi connectivity index (χ1v) is 9.85. The van der Waals surface area contributed by atoms with Gasteiger partial charge in [-0.25, -0.2) is 4.98 Å². The van der Waals surface area contributed by atoms with Gasteiger partial charge in [0.25, 0.3) is 5.91 Å². The summed E-state index contributed by atoms with van der Waals surface area (Å²) in [5.41, 5.74) is 3.28. The third kappa shape index (κ3) is 3.16. The van der Waals surface area contributed by atoms with Gasteiger partial charge in [0.2, 0.25) is 0 Å². The molecule has 0 saturated carbocycles. The van der Waals surface area contributed by atoms with Gasteiger partial charge in [0, 0.05) is 38.4 Å². The van der Waals surface area contributed by atoms with Crippen LogP contribution in [0.1, 0.15) is 10.5 Å². The van der Waals surface area contributed by atoms with Gasteiger partial charge in [-0.2, -0.15) is 0 Å². The van der Waals surface area contributed by atoms with E-state index >= 15 is 0 Å². The maximum Gasteiger partial charge on any atom is 0.274 e. The van der Waals surface area contributed by atoms with Crippen molar-refractivity contribution in [1.82, 2.24) is 9.55 Å². The fraction of sp³-hybridized carbons (Fsp3) is 0.0526. The Balaban J connectivity index is 1.60. The summed E-state index contributed by atoms with van der Waals surface area (Å²) < 4.78 is 2.85. The lowest BCUT2D eigenvalue weighted by atomic mass is 10.2. The van der Waals surface area contributed by atoms with E-state index in [4.69, 9.17) is 11.6 Å². The molecule has 0 atom stereocenters. The molecule has 0 fully saturated rings. The first-order valence-electron chi connectivity index (χ1n) is 7.79. The van der Waals surface area contributed by atoms with E-state index < -0.39 is 0 Å². The van der Waals surface area contributed by atoms with Crippen LogP contribution in [0.4, 0.5) is 5.13 Å². The zero-order valence-corrected chi connectivity index (χ0v) is 16.8. The molecule has 130 valence electrons. The third-order valence-corrected chi connectivity index (χ3v) is 5.75. The summed E-state index contributed by atoms with van der Waals surface area (Å²) >= 11 is 11.0. The van der Waals surface area contributed by atoms with Crippen molar-refractivity contribution in [3.8, 4) is 11.3 Å². The summed E-state index contributed by atoms with van der Waals surface area (Å²) in [7, 11) is 1.85. The Bertz CT molecular complexity index is 1120. The molecular formula is C19H13BrClN3OS. The summed E-state index contributed by atoms with van der Waals surface area (Å²) in [5, 5.41) is 6.85. The lowest BCUT2D eigenvalue weighted by Crippen LogP contribution is -2.15. The molecule has 7 heteroatoms. The van der Waals surface area contributed by atoms with E-state index in [1.54, 1.807) is 6.07 Å². The normalized spacial score (nSPS) is 11.0. The van der Waals surface area contributed by atoms with Crippen molar-refractivity contribution in [2.75, 3.05) is 5.32 Å². The van der Waals surface area contributed by atoms with Crippen LogP contribution in [0.5, 0.6) is 0 Å². The predicted molar refractivity (Wildman–Crippen MR) is 111 cm³/mol. The number of rotatable bonds is 3. The average molecular weight is 447 g/mol. The van der Waals surface area contributed by atoms with Gasteiger partial charge in [0.1, 0.15) is 5.69 Å². The van der Waals surface area contributed by atoms with Crippen molar-refractivity contribution in [2.24, 2.45) is 7.05 Å². The van der Waals surface area contributed by atoms with Crippen molar-refractivity contribution < 1.29 is 4.79 Å². The smallest absolute Gasteiger partial charge is 0.274 e. The molecule has 2 aromatic heterocycles. The molecule has 26 heavy (non-hydrogen) atoms. The number of thiazole rings is 1. The molecule has 4 aromatic rings. The lowest BCUT2D eigenvalue weighted by molar-refractivity contribution is 0.102. The van der Waals surface area contributed by atoms with Crippen molar-refractivity contribution in [2.45, 2.75) is 0 Å². The number of hydrogen-bond donors (Lipinski definition) is 1. The number of nitrogens with zero attached hydrogens (tertiary/aromatic N) is 2. The second-order valence-electron chi connectivity index (χ2n) is 5.76. The van der Waals surface area contributed by atoms with Crippen molar-refractivity contribution in [1.29, 1.82) is 0 Å². The molecule has 4 rings (SSSR count). The van der Waals surface area contributed by atoms with Crippen LogP contribution < -0.4 is 5.32 Å². The van der Waals surface area contributed by atoms with Crippen molar-refractivity contribution >= 4 is 60.8 Å².